The van der Waals surface area contributed by atoms with Crippen molar-refractivity contribution in [2.45, 2.75) is 55.5 Å². The Labute approximate surface area is 145 Å². The molecule has 3 aliphatic rings. The fourth-order valence-electron chi connectivity index (χ4n) is 3.53. The summed E-state index contributed by atoms with van der Waals surface area (Å²) in [5, 5.41) is 0. The van der Waals surface area contributed by atoms with E-state index >= 15 is 0 Å². The van der Waals surface area contributed by atoms with Crippen LogP contribution in [0.5, 0.6) is 11.5 Å². The summed E-state index contributed by atoms with van der Waals surface area (Å²) in [7, 11) is -3.53. The zero-order chi connectivity index (χ0) is 16.0. The number of sulfonamides is 1. The molecule has 0 amide bonds. The SMILES string of the molecule is O=S(=O)(c1cc2c(cc1Br)OCCO2)N(C1CCCC1)C1CC1. The third kappa shape index (κ3) is 2.87. The smallest absolute Gasteiger partial charge is 0.244 e. The first kappa shape index (κ1) is 15.7. The fraction of sp³-hybridized carbons (Fsp3) is 0.625. The number of nitrogens with zero attached hydrogens (tertiary/aromatic N) is 1. The van der Waals surface area contributed by atoms with Crippen LogP contribution in [0.3, 0.4) is 0 Å². The van der Waals surface area contributed by atoms with Gasteiger partial charge in [-0.15, -0.1) is 0 Å². The summed E-state index contributed by atoms with van der Waals surface area (Å²) < 4.78 is 40.0. The van der Waals surface area contributed by atoms with E-state index in [-0.39, 0.29) is 12.1 Å². The van der Waals surface area contributed by atoms with Gasteiger partial charge in [-0.05, 0) is 47.7 Å². The average molecular weight is 402 g/mol. The Morgan fingerprint density at radius 3 is 2.13 bits per heavy atom. The summed E-state index contributed by atoms with van der Waals surface area (Å²) >= 11 is 3.42. The predicted molar refractivity (Wildman–Crippen MR) is 89.4 cm³/mol. The third-order valence-corrected chi connectivity index (χ3v) is 7.71. The molecule has 126 valence electrons. The molecular formula is C16H20BrNO4S. The second-order valence-electron chi connectivity index (χ2n) is 6.43. The summed E-state index contributed by atoms with van der Waals surface area (Å²) in [6.07, 6.45) is 6.11. The van der Waals surface area contributed by atoms with E-state index in [4.69, 9.17) is 9.47 Å². The minimum absolute atomic E-state index is 0.146. The normalized spacial score (nSPS) is 21.8. The topological polar surface area (TPSA) is 55.8 Å². The van der Waals surface area contributed by atoms with E-state index in [2.05, 4.69) is 15.9 Å². The number of halogens is 1. The first-order valence-corrected chi connectivity index (χ1v) is 10.4. The van der Waals surface area contributed by atoms with Crippen LogP contribution < -0.4 is 9.47 Å². The van der Waals surface area contributed by atoms with E-state index in [1.807, 2.05) is 0 Å². The molecule has 1 aliphatic heterocycles. The van der Waals surface area contributed by atoms with Gasteiger partial charge in [-0.2, -0.15) is 4.31 Å². The molecule has 0 unspecified atom stereocenters. The number of hydrogen-bond donors (Lipinski definition) is 0. The van der Waals surface area contributed by atoms with Gasteiger partial charge >= 0.3 is 0 Å². The van der Waals surface area contributed by atoms with Gasteiger partial charge in [0.15, 0.2) is 11.5 Å². The highest BCUT2D eigenvalue weighted by molar-refractivity contribution is 9.10. The van der Waals surface area contributed by atoms with Gasteiger partial charge in [-0.25, -0.2) is 8.42 Å². The lowest BCUT2D eigenvalue weighted by Gasteiger charge is -2.29. The van der Waals surface area contributed by atoms with Crippen LogP contribution >= 0.6 is 15.9 Å². The van der Waals surface area contributed by atoms with Crippen molar-refractivity contribution >= 4 is 26.0 Å². The number of fused-ring (bicyclic) bond motifs is 1. The molecule has 2 aliphatic carbocycles. The van der Waals surface area contributed by atoms with Gasteiger partial charge in [0.05, 0.1) is 0 Å². The number of benzene rings is 1. The second-order valence-corrected chi connectivity index (χ2v) is 9.10. The van der Waals surface area contributed by atoms with Gasteiger partial charge in [-0.1, -0.05) is 12.8 Å². The minimum atomic E-state index is -3.53. The van der Waals surface area contributed by atoms with E-state index in [1.54, 1.807) is 16.4 Å². The van der Waals surface area contributed by atoms with Gasteiger partial charge in [0, 0.05) is 22.6 Å². The summed E-state index contributed by atoms with van der Waals surface area (Å²) in [4.78, 5) is 0.292. The van der Waals surface area contributed by atoms with E-state index in [0.29, 0.717) is 34.1 Å². The highest BCUT2D eigenvalue weighted by atomic mass is 79.9. The van der Waals surface area contributed by atoms with Gasteiger partial charge in [-0.3, -0.25) is 0 Å². The van der Waals surface area contributed by atoms with Crippen molar-refractivity contribution in [1.82, 2.24) is 4.31 Å². The molecule has 5 nitrogen and oxygen atoms in total. The van der Waals surface area contributed by atoms with Crippen molar-refractivity contribution in [1.29, 1.82) is 0 Å². The third-order valence-electron chi connectivity index (χ3n) is 4.74. The molecule has 1 aromatic rings. The monoisotopic (exact) mass is 401 g/mol. The van der Waals surface area contributed by atoms with Crippen LogP contribution in [-0.4, -0.2) is 38.0 Å². The van der Waals surface area contributed by atoms with Crippen LogP contribution in [0.1, 0.15) is 38.5 Å². The maximum absolute atomic E-state index is 13.3. The zero-order valence-electron chi connectivity index (χ0n) is 12.8. The fourth-order valence-corrected chi connectivity index (χ4v) is 6.47. The molecular weight excluding hydrogens is 382 g/mol. The summed E-state index contributed by atoms with van der Waals surface area (Å²) in [6, 6.07) is 3.63. The molecule has 0 bridgehead atoms. The van der Waals surface area contributed by atoms with Crippen molar-refractivity contribution in [2.24, 2.45) is 0 Å². The largest absolute Gasteiger partial charge is 0.486 e. The molecule has 2 fully saturated rings. The highest BCUT2D eigenvalue weighted by Gasteiger charge is 2.44. The van der Waals surface area contributed by atoms with E-state index in [9.17, 15) is 8.42 Å². The molecule has 23 heavy (non-hydrogen) atoms. The molecule has 0 spiro atoms. The molecule has 0 atom stereocenters. The lowest BCUT2D eigenvalue weighted by molar-refractivity contribution is 0.171. The molecule has 0 saturated heterocycles. The molecule has 0 aromatic heterocycles. The quantitative estimate of drug-likeness (QED) is 0.776. The van der Waals surface area contributed by atoms with Gasteiger partial charge in [0.1, 0.15) is 18.1 Å². The van der Waals surface area contributed by atoms with E-state index < -0.39 is 10.0 Å². The lowest BCUT2D eigenvalue weighted by Crippen LogP contribution is -2.40. The standard InChI is InChI=1S/C16H20BrNO4S/c17-13-9-14-15(22-8-7-21-14)10-16(13)23(19,20)18(12-5-6-12)11-3-1-2-4-11/h9-12H,1-8H2. The average Bonchev–Trinajstić information content (AvgIpc) is 3.20. The van der Waals surface area contributed by atoms with Crippen molar-refractivity contribution in [3.8, 4) is 11.5 Å². The van der Waals surface area contributed by atoms with Crippen LogP contribution in [0.2, 0.25) is 0 Å². The van der Waals surface area contributed by atoms with Crippen molar-refractivity contribution in [2.75, 3.05) is 13.2 Å². The summed E-state index contributed by atoms with van der Waals surface area (Å²) in [6.45, 7) is 0.935. The molecule has 1 heterocycles. The van der Waals surface area contributed by atoms with Crippen LogP contribution in [0.25, 0.3) is 0 Å². The predicted octanol–water partition coefficient (Wildman–Crippen LogP) is 3.32. The first-order chi connectivity index (χ1) is 11.1. The molecule has 0 radical (unpaired) electrons. The molecule has 1 aromatic carbocycles. The highest BCUT2D eigenvalue weighted by Crippen LogP contribution is 2.43. The maximum Gasteiger partial charge on any atom is 0.244 e. The van der Waals surface area contributed by atoms with Crippen LogP contribution in [0.15, 0.2) is 21.5 Å². The van der Waals surface area contributed by atoms with E-state index in [0.717, 1.165) is 38.5 Å². The zero-order valence-corrected chi connectivity index (χ0v) is 15.2. The molecule has 4 rings (SSSR count). The van der Waals surface area contributed by atoms with E-state index in [1.165, 1.54) is 0 Å². The Morgan fingerprint density at radius 2 is 1.52 bits per heavy atom. The first-order valence-electron chi connectivity index (χ1n) is 8.20. The molecule has 0 N–H and O–H groups in total. The number of ether oxygens (including phenoxy) is 2. The Hall–Kier alpha value is -0.790. The van der Waals surface area contributed by atoms with Gasteiger partial charge < -0.3 is 9.47 Å². The lowest BCUT2D eigenvalue weighted by atomic mass is 10.2. The maximum atomic E-state index is 13.3. The Balaban J connectivity index is 1.75. The van der Waals surface area contributed by atoms with Gasteiger partial charge in [0.25, 0.3) is 0 Å². The van der Waals surface area contributed by atoms with Gasteiger partial charge in [0.2, 0.25) is 10.0 Å². The van der Waals surface area contributed by atoms with Crippen molar-refractivity contribution in [3.05, 3.63) is 16.6 Å². The van der Waals surface area contributed by atoms with Crippen LogP contribution in [0, 0.1) is 0 Å². The van der Waals surface area contributed by atoms with Crippen LogP contribution in [0.4, 0.5) is 0 Å². The van der Waals surface area contributed by atoms with Crippen molar-refractivity contribution < 1.29 is 17.9 Å². The summed E-state index contributed by atoms with van der Waals surface area (Å²) in [5.74, 6) is 1.11. The minimum Gasteiger partial charge on any atom is -0.486 e. The molecule has 7 heteroatoms. The number of rotatable bonds is 4. The number of hydrogen-bond acceptors (Lipinski definition) is 4. The van der Waals surface area contributed by atoms with Crippen molar-refractivity contribution in [3.63, 3.8) is 0 Å². The Morgan fingerprint density at radius 1 is 0.957 bits per heavy atom. The Kier molecular flexibility index (Phi) is 4.06. The summed E-state index contributed by atoms with van der Waals surface area (Å²) in [5.41, 5.74) is 0. The Bertz CT molecular complexity index is 711. The second kappa shape index (κ2) is 5.93. The molecule has 2 saturated carbocycles. The van der Waals surface area contributed by atoms with Crippen LogP contribution in [-0.2, 0) is 10.0 Å².